The number of fused-ring (bicyclic) bond motifs is 2. The van der Waals surface area contributed by atoms with Crippen molar-refractivity contribution in [2.75, 3.05) is 0 Å². The summed E-state index contributed by atoms with van der Waals surface area (Å²) in [6.45, 7) is 15.0. The summed E-state index contributed by atoms with van der Waals surface area (Å²) >= 11 is 0. The quantitative estimate of drug-likeness (QED) is 0.460. The van der Waals surface area contributed by atoms with Gasteiger partial charge in [-0.1, -0.05) is 27.7 Å². The molecule has 1 aliphatic heterocycles. The Kier molecular flexibility index (Phi) is 4.92. The molecule has 0 aromatic rings. The van der Waals surface area contributed by atoms with Crippen molar-refractivity contribution in [2.45, 2.75) is 142 Å². The number of rotatable bonds is 2. The Morgan fingerprint density at radius 2 is 1.46 bits per heavy atom. The summed E-state index contributed by atoms with van der Waals surface area (Å²) in [5.41, 5.74) is -1.35. The minimum atomic E-state index is -0.886. The van der Waals surface area contributed by atoms with E-state index in [-0.39, 0.29) is 51.1 Å². The summed E-state index contributed by atoms with van der Waals surface area (Å²) in [6.07, 6.45) is 7.18. The van der Waals surface area contributed by atoms with Gasteiger partial charge in [-0.15, -0.1) is 0 Å². The van der Waals surface area contributed by atoms with Crippen molar-refractivity contribution in [3.63, 3.8) is 0 Å². The molecule has 5 nitrogen and oxygen atoms in total. The molecule has 4 N–H and O–H groups in total. The van der Waals surface area contributed by atoms with Crippen molar-refractivity contribution < 1.29 is 25.2 Å². The van der Waals surface area contributed by atoms with Gasteiger partial charge in [-0.25, -0.2) is 0 Å². The van der Waals surface area contributed by atoms with Gasteiger partial charge < -0.3 is 25.2 Å². The van der Waals surface area contributed by atoms with Gasteiger partial charge in [-0.3, -0.25) is 0 Å². The number of hydrogen-bond acceptors (Lipinski definition) is 5. The third-order valence-electron chi connectivity index (χ3n) is 13.8. The van der Waals surface area contributed by atoms with Gasteiger partial charge in [0.2, 0.25) is 0 Å². The SMILES string of the molecule is CC(C)(O)[C@@H]1CC[C@](C)([C@H]2[C@@H](O)C[C@@]3(C)[C@@H]4C[C@H](O)[C@H]5C(C)(C)[C@@H](O)CC[C@@]56C[C@@]46CC[C@@]23C)O1. The lowest BCUT2D eigenvalue weighted by Crippen LogP contribution is -2.62. The predicted molar refractivity (Wildman–Crippen MR) is 134 cm³/mol. The van der Waals surface area contributed by atoms with Crippen molar-refractivity contribution in [2.24, 2.45) is 44.8 Å². The zero-order chi connectivity index (χ0) is 25.6. The van der Waals surface area contributed by atoms with Crippen molar-refractivity contribution >= 4 is 0 Å². The van der Waals surface area contributed by atoms with Crippen LogP contribution in [0.4, 0.5) is 0 Å². The zero-order valence-corrected chi connectivity index (χ0v) is 23.1. The Bertz CT molecular complexity index is 911. The Morgan fingerprint density at radius 3 is 2.09 bits per heavy atom. The largest absolute Gasteiger partial charge is 0.393 e. The van der Waals surface area contributed by atoms with E-state index in [1.54, 1.807) is 0 Å². The highest BCUT2D eigenvalue weighted by Gasteiger charge is 2.84. The Hall–Kier alpha value is -0.200. The standard InChI is InChI=1S/C30H50O5/c1-24(2)20(33)8-11-30-16-29(30)13-12-26(5)23(28(7)10-9-21(35-28)25(3,4)34)18(32)15-27(26,6)19(29)14-17(31)22(24)30/h17-23,31-34H,8-16H2,1-7H3/t17-,18-,19-,20-,21-,22-,23-,26-,27-,28+,29-,30+/m0/s1. The van der Waals surface area contributed by atoms with E-state index in [0.29, 0.717) is 5.92 Å². The van der Waals surface area contributed by atoms with Crippen LogP contribution in [0.5, 0.6) is 0 Å². The molecule has 5 aliphatic carbocycles. The van der Waals surface area contributed by atoms with Crippen LogP contribution < -0.4 is 0 Å². The van der Waals surface area contributed by atoms with Crippen LogP contribution in [0.3, 0.4) is 0 Å². The van der Waals surface area contributed by atoms with Crippen LogP contribution in [0.15, 0.2) is 0 Å². The van der Waals surface area contributed by atoms with E-state index in [9.17, 15) is 20.4 Å². The molecule has 0 bridgehead atoms. The van der Waals surface area contributed by atoms with Gasteiger partial charge in [0, 0.05) is 5.92 Å². The maximum atomic E-state index is 11.7. The van der Waals surface area contributed by atoms with Gasteiger partial charge in [0.1, 0.15) is 0 Å². The Morgan fingerprint density at radius 1 is 0.771 bits per heavy atom. The van der Waals surface area contributed by atoms with Gasteiger partial charge >= 0.3 is 0 Å². The van der Waals surface area contributed by atoms with Crippen LogP contribution in [-0.2, 0) is 4.74 Å². The molecule has 0 unspecified atom stereocenters. The molecule has 2 spiro atoms. The normalized spacial score (nSPS) is 60.9. The van der Waals surface area contributed by atoms with Gasteiger partial charge in [0.05, 0.1) is 35.6 Å². The van der Waals surface area contributed by atoms with E-state index in [1.807, 2.05) is 13.8 Å². The second-order valence-electron chi connectivity index (χ2n) is 15.9. The maximum Gasteiger partial charge on any atom is 0.0865 e. The van der Waals surface area contributed by atoms with E-state index in [2.05, 4.69) is 34.6 Å². The van der Waals surface area contributed by atoms with Gasteiger partial charge in [0.25, 0.3) is 0 Å². The van der Waals surface area contributed by atoms with Crippen LogP contribution in [0, 0.1) is 44.8 Å². The number of aliphatic hydroxyl groups excluding tert-OH is 3. The van der Waals surface area contributed by atoms with Gasteiger partial charge in [-0.2, -0.15) is 0 Å². The zero-order valence-electron chi connectivity index (χ0n) is 23.1. The third kappa shape index (κ3) is 2.78. The highest BCUT2D eigenvalue weighted by molar-refractivity contribution is 5.33. The number of ether oxygens (including phenoxy) is 1. The molecule has 1 heterocycles. The first-order chi connectivity index (χ1) is 16.0. The molecule has 6 fully saturated rings. The minimum Gasteiger partial charge on any atom is -0.393 e. The fourth-order valence-corrected chi connectivity index (χ4v) is 12.1. The number of hydrogen-bond donors (Lipinski definition) is 4. The molecule has 0 aromatic carbocycles. The molecule has 12 atom stereocenters. The molecule has 200 valence electrons. The highest BCUT2D eigenvalue weighted by atomic mass is 16.5. The first-order valence-corrected chi connectivity index (χ1v) is 14.4. The maximum absolute atomic E-state index is 11.7. The lowest BCUT2D eigenvalue weighted by molar-refractivity contribution is -0.213. The highest BCUT2D eigenvalue weighted by Crippen LogP contribution is 2.89. The van der Waals surface area contributed by atoms with E-state index in [0.717, 1.165) is 51.4 Å². The minimum absolute atomic E-state index is 0.0267. The second-order valence-corrected chi connectivity index (χ2v) is 15.9. The van der Waals surface area contributed by atoms with Crippen molar-refractivity contribution in [3.8, 4) is 0 Å². The van der Waals surface area contributed by atoms with Crippen LogP contribution in [0.1, 0.15) is 106 Å². The third-order valence-corrected chi connectivity index (χ3v) is 13.8. The first kappa shape index (κ1) is 25.1. The molecule has 5 heteroatoms. The lowest BCUT2D eigenvalue weighted by atomic mass is 9.41. The molecular formula is C30H50O5. The fraction of sp³-hybridized carbons (Fsp3) is 1.00. The lowest BCUT2D eigenvalue weighted by Gasteiger charge is -2.64. The summed E-state index contributed by atoms with van der Waals surface area (Å²) < 4.78 is 6.66. The monoisotopic (exact) mass is 490 g/mol. The van der Waals surface area contributed by atoms with Crippen LogP contribution in [0.2, 0.25) is 0 Å². The van der Waals surface area contributed by atoms with Gasteiger partial charge in [-0.05, 0) is 117 Å². The molecule has 0 radical (unpaired) electrons. The summed E-state index contributed by atoms with van der Waals surface area (Å²) in [6, 6.07) is 0. The molecule has 6 rings (SSSR count). The molecule has 5 saturated carbocycles. The van der Waals surface area contributed by atoms with Crippen LogP contribution in [-0.4, -0.2) is 56.0 Å². The molecule has 1 saturated heterocycles. The Labute approximate surface area is 212 Å². The topological polar surface area (TPSA) is 90.2 Å². The van der Waals surface area contributed by atoms with E-state index in [4.69, 9.17) is 4.74 Å². The smallest absolute Gasteiger partial charge is 0.0865 e. The second kappa shape index (κ2) is 6.86. The molecule has 0 amide bonds. The average Bonchev–Trinajstić information content (AvgIpc) is 3.08. The predicted octanol–water partition coefficient (Wildman–Crippen LogP) is 4.44. The van der Waals surface area contributed by atoms with E-state index >= 15 is 0 Å². The van der Waals surface area contributed by atoms with Crippen molar-refractivity contribution in [1.82, 2.24) is 0 Å². The summed E-state index contributed by atoms with van der Waals surface area (Å²) in [7, 11) is 0. The van der Waals surface area contributed by atoms with E-state index < -0.39 is 23.4 Å². The summed E-state index contributed by atoms with van der Waals surface area (Å²) in [5, 5.41) is 45.0. The molecule has 35 heavy (non-hydrogen) atoms. The van der Waals surface area contributed by atoms with Crippen LogP contribution in [0.25, 0.3) is 0 Å². The fourth-order valence-electron chi connectivity index (χ4n) is 12.1. The number of aliphatic hydroxyl groups is 4. The average molecular weight is 491 g/mol. The molecule has 6 aliphatic rings. The summed E-state index contributed by atoms with van der Waals surface area (Å²) in [5.74, 6) is 0.577. The van der Waals surface area contributed by atoms with E-state index in [1.165, 1.54) is 6.42 Å². The Balaban J connectivity index is 1.37. The first-order valence-electron chi connectivity index (χ1n) is 14.4. The van der Waals surface area contributed by atoms with Gasteiger partial charge in [0.15, 0.2) is 0 Å². The van der Waals surface area contributed by atoms with Crippen LogP contribution >= 0.6 is 0 Å². The van der Waals surface area contributed by atoms with Crippen molar-refractivity contribution in [3.05, 3.63) is 0 Å². The molecular weight excluding hydrogens is 440 g/mol. The summed E-state index contributed by atoms with van der Waals surface area (Å²) in [4.78, 5) is 0. The van der Waals surface area contributed by atoms with Crippen molar-refractivity contribution in [1.29, 1.82) is 0 Å². The molecule has 0 aromatic heterocycles.